The van der Waals surface area contributed by atoms with Crippen LogP contribution in [-0.4, -0.2) is 33.8 Å². The van der Waals surface area contributed by atoms with Gasteiger partial charge in [0, 0.05) is 19.4 Å². The van der Waals surface area contributed by atoms with E-state index in [4.69, 9.17) is 5.73 Å². The molecular weight excluding hydrogens is 239 g/mol. The highest BCUT2D eigenvalue weighted by Crippen LogP contribution is 2.20. The molecule has 0 bridgehead atoms. The normalized spacial score (nSPS) is 11.5. The van der Waals surface area contributed by atoms with Crippen molar-refractivity contribution in [2.45, 2.75) is 25.4 Å². The number of halogens is 3. The van der Waals surface area contributed by atoms with Crippen LogP contribution in [-0.2, 0) is 11.2 Å². The van der Waals surface area contributed by atoms with Crippen LogP contribution in [0.1, 0.15) is 18.7 Å². The van der Waals surface area contributed by atoms with Crippen molar-refractivity contribution >= 4 is 11.9 Å². The maximum absolute atomic E-state index is 11.8. The average molecular weight is 251 g/mol. The summed E-state index contributed by atoms with van der Waals surface area (Å²) >= 11 is 0. The molecule has 4 N–H and O–H groups in total. The number of alkyl halides is 3. The molecule has 1 rings (SSSR count). The molecule has 0 saturated heterocycles. The van der Waals surface area contributed by atoms with E-state index in [1.807, 2.05) is 0 Å². The lowest BCUT2D eigenvalue weighted by Gasteiger charge is -2.06. The number of nitrogen functional groups attached to an aromatic ring is 1. The quantitative estimate of drug-likeness (QED) is 0.705. The molecule has 0 aliphatic carbocycles. The smallest absolute Gasteiger partial charge is 0.367 e. The van der Waals surface area contributed by atoms with Crippen molar-refractivity contribution < 1.29 is 18.0 Å². The maximum atomic E-state index is 11.8. The van der Waals surface area contributed by atoms with E-state index in [9.17, 15) is 18.0 Å². The first kappa shape index (κ1) is 13.3. The van der Waals surface area contributed by atoms with Gasteiger partial charge in [-0.25, -0.2) is 0 Å². The lowest BCUT2D eigenvalue weighted by molar-refractivity contribution is -0.144. The van der Waals surface area contributed by atoms with Crippen LogP contribution in [0.4, 0.5) is 19.1 Å². The minimum absolute atomic E-state index is 0.0865. The zero-order valence-electron chi connectivity index (χ0n) is 8.84. The first-order valence-corrected chi connectivity index (χ1v) is 4.87. The highest BCUT2D eigenvalue weighted by molar-refractivity contribution is 5.75. The summed E-state index contributed by atoms with van der Waals surface area (Å²) in [5, 5.41) is 8.43. The summed E-state index contributed by atoms with van der Waals surface area (Å²) in [6.45, 7) is 0.186. The zero-order valence-corrected chi connectivity index (χ0v) is 8.84. The number of rotatable bonds is 5. The number of aromatic amines is 1. The van der Waals surface area contributed by atoms with Crippen molar-refractivity contribution in [2.75, 3.05) is 12.3 Å². The van der Waals surface area contributed by atoms with Crippen LogP contribution in [0.5, 0.6) is 0 Å². The number of aromatic nitrogens is 3. The summed E-state index contributed by atoms with van der Waals surface area (Å²) in [6, 6.07) is 0. The molecule has 1 heterocycles. The number of hydrogen-bond acceptors (Lipinski definition) is 4. The molecule has 1 aromatic rings. The maximum Gasteiger partial charge on any atom is 0.389 e. The van der Waals surface area contributed by atoms with Crippen LogP contribution in [0.25, 0.3) is 0 Å². The molecule has 0 atom stereocenters. The molecule has 9 heteroatoms. The molecule has 17 heavy (non-hydrogen) atoms. The third kappa shape index (κ3) is 5.73. The summed E-state index contributed by atoms with van der Waals surface area (Å²) in [5.74, 6) is -0.0863. The number of anilines is 1. The predicted octanol–water partition coefficient (Wildman–Crippen LogP) is 0.388. The van der Waals surface area contributed by atoms with Crippen molar-refractivity contribution in [3.63, 3.8) is 0 Å². The van der Waals surface area contributed by atoms with Gasteiger partial charge in [-0.1, -0.05) is 0 Å². The van der Waals surface area contributed by atoms with Crippen molar-refractivity contribution in [2.24, 2.45) is 0 Å². The molecule has 0 fully saturated rings. The van der Waals surface area contributed by atoms with Gasteiger partial charge in [0.1, 0.15) is 5.82 Å². The zero-order chi connectivity index (χ0) is 12.9. The summed E-state index contributed by atoms with van der Waals surface area (Å²) in [4.78, 5) is 14.8. The summed E-state index contributed by atoms with van der Waals surface area (Å²) in [5.41, 5.74) is 5.24. The minimum atomic E-state index is -4.31. The molecular formula is C8H12F3N5O. The fourth-order valence-corrected chi connectivity index (χ4v) is 1.09. The fraction of sp³-hybridized carbons (Fsp3) is 0.625. The summed E-state index contributed by atoms with van der Waals surface area (Å²) in [6.07, 6.45) is -5.66. The lowest BCUT2D eigenvalue weighted by Crippen LogP contribution is -2.27. The van der Waals surface area contributed by atoms with Gasteiger partial charge in [-0.2, -0.15) is 18.2 Å². The van der Waals surface area contributed by atoms with E-state index in [0.717, 1.165) is 0 Å². The number of carbonyl (C=O) groups is 1. The number of H-pyrrole nitrogens is 1. The van der Waals surface area contributed by atoms with Crippen LogP contribution in [0.3, 0.4) is 0 Å². The Kier molecular flexibility index (Phi) is 4.30. The molecule has 1 aromatic heterocycles. The highest BCUT2D eigenvalue weighted by atomic mass is 19.4. The second-order valence-electron chi connectivity index (χ2n) is 3.36. The van der Waals surface area contributed by atoms with E-state index >= 15 is 0 Å². The molecule has 0 saturated carbocycles. The van der Waals surface area contributed by atoms with Crippen molar-refractivity contribution in [1.82, 2.24) is 20.5 Å². The van der Waals surface area contributed by atoms with Crippen LogP contribution in [0.15, 0.2) is 0 Å². The van der Waals surface area contributed by atoms with E-state index in [2.05, 4.69) is 20.5 Å². The van der Waals surface area contributed by atoms with E-state index in [1.165, 1.54) is 0 Å². The van der Waals surface area contributed by atoms with Crippen LogP contribution >= 0.6 is 0 Å². The van der Waals surface area contributed by atoms with Crippen molar-refractivity contribution in [1.29, 1.82) is 0 Å². The van der Waals surface area contributed by atoms with Gasteiger partial charge >= 0.3 is 6.18 Å². The van der Waals surface area contributed by atoms with Crippen LogP contribution in [0.2, 0.25) is 0 Å². The van der Waals surface area contributed by atoms with Gasteiger partial charge < -0.3 is 11.1 Å². The third-order valence-corrected chi connectivity index (χ3v) is 1.87. The molecule has 0 aliphatic rings. The Morgan fingerprint density at radius 1 is 1.47 bits per heavy atom. The molecule has 0 spiro atoms. The summed E-state index contributed by atoms with van der Waals surface area (Å²) < 4.78 is 35.4. The van der Waals surface area contributed by atoms with Gasteiger partial charge in [-0.15, -0.1) is 5.10 Å². The minimum Gasteiger partial charge on any atom is -0.367 e. The number of nitrogens with two attached hydrogens (primary N) is 1. The van der Waals surface area contributed by atoms with Gasteiger partial charge in [0.2, 0.25) is 11.9 Å². The first-order valence-electron chi connectivity index (χ1n) is 4.87. The third-order valence-electron chi connectivity index (χ3n) is 1.87. The number of nitrogens with one attached hydrogen (secondary N) is 2. The van der Waals surface area contributed by atoms with Gasteiger partial charge in [0.15, 0.2) is 0 Å². The molecule has 0 aliphatic heterocycles. The molecule has 0 unspecified atom stereocenters. The molecule has 1 amide bonds. The number of amides is 1. The number of carbonyl (C=O) groups excluding carboxylic acids is 1. The Hall–Kier alpha value is -1.80. The topological polar surface area (TPSA) is 96.7 Å². The van der Waals surface area contributed by atoms with Gasteiger partial charge in [0.05, 0.1) is 6.42 Å². The van der Waals surface area contributed by atoms with Gasteiger partial charge in [0.25, 0.3) is 0 Å². The van der Waals surface area contributed by atoms with E-state index < -0.39 is 24.9 Å². The van der Waals surface area contributed by atoms with E-state index in [0.29, 0.717) is 12.2 Å². The molecule has 96 valence electrons. The van der Waals surface area contributed by atoms with E-state index in [1.54, 1.807) is 0 Å². The second kappa shape index (κ2) is 5.51. The molecule has 0 radical (unpaired) electrons. The Morgan fingerprint density at radius 3 is 2.71 bits per heavy atom. The van der Waals surface area contributed by atoms with Crippen LogP contribution in [0, 0.1) is 0 Å². The number of hydrogen-bond donors (Lipinski definition) is 3. The Labute approximate surface area is 94.8 Å². The fourth-order valence-electron chi connectivity index (χ4n) is 1.09. The predicted molar refractivity (Wildman–Crippen MR) is 52.8 cm³/mol. The monoisotopic (exact) mass is 251 g/mol. The Balaban J connectivity index is 2.16. The average Bonchev–Trinajstić information content (AvgIpc) is 2.60. The first-order chi connectivity index (χ1) is 7.87. The highest BCUT2D eigenvalue weighted by Gasteiger charge is 2.27. The van der Waals surface area contributed by atoms with Crippen molar-refractivity contribution in [3.05, 3.63) is 5.82 Å². The molecule has 6 nitrogen and oxygen atoms in total. The van der Waals surface area contributed by atoms with Gasteiger partial charge in [-0.3, -0.25) is 9.89 Å². The number of nitrogens with zero attached hydrogens (tertiary/aromatic N) is 2. The standard InChI is InChI=1S/C8H12F3N5O/c9-8(10,11)3-1-6(17)13-4-2-5-14-7(12)16-15-5/h1-4H2,(H,13,17)(H3,12,14,15,16). The molecule has 0 aromatic carbocycles. The lowest BCUT2D eigenvalue weighted by atomic mass is 10.3. The Morgan fingerprint density at radius 2 is 2.18 bits per heavy atom. The largest absolute Gasteiger partial charge is 0.389 e. The van der Waals surface area contributed by atoms with E-state index in [-0.39, 0.29) is 12.5 Å². The van der Waals surface area contributed by atoms with Crippen LogP contribution < -0.4 is 11.1 Å². The second-order valence-corrected chi connectivity index (χ2v) is 3.36. The Bertz CT molecular complexity index is 375. The van der Waals surface area contributed by atoms with Crippen molar-refractivity contribution in [3.8, 4) is 0 Å². The van der Waals surface area contributed by atoms with Gasteiger partial charge in [-0.05, 0) is 0 Å². The SMILES string of the molecule is Nc1n[nH]c(CCNC(=O)CCC(F)(F)F)n1. The summed E-state index contributed by atoms with van der Waals surface area (Å²) in [7, 11) is 0.